The minimum absolute atomic E-state index is 0.201. The number of carbonyl (C=O) groups excluding carboxylic acids is 2. The van der Waals surface area contributed by atoms with Gasteiger partial charge in [0.2, 0.25) is 5.91 Å². The van der Waals surface area contributed by atoms with Crippen LogP contribution in [0, 0.1) is 0 Å². The Bertz CT molecular complexity index is 1430. The van der Waals surface area contributed by atoms with E-state index < -0.39 is 5.54 Å². The van der Waals surface area contributed by atoms with Gasteiger partial charge >= 0.3 is 0 Å². The lowest BCUT2D eigenvalue weighted by molar-refractivity contribution is -0.133. The third kappa shape index (κ3) is 4.06. The van der Waals surface area contributed by atoms with E-state index in [-0.39, 0.29) is 18.4 Å². The molecule has 4 aromatic rings. The Hall–Kier alpha value is -4.26. The highest BCUT2D eigenvalue weighted by Gasteiger charge is 2.47. The Kier molecular flexibility index (Phi) is 6.14. The van der Waals surface area contributed by atoms with Gasteiger partial charge in [-0.15, -0.1) is 0 Å². The van der Waals surface area contributed by atoms with Crippen LogP contribution >= 0.6 is 0 Å². The summed E-state index contributed by atoms with van der Waals surface area (Å²) in [5.41, 5.74) is 2.15. The summed E-state index contributed by atoms with van der Waals surface area (Å²) in [7, 11) is 3.18. The SMILES string of the molecule is COc1ccc(CN2C(=O)c3cc4ccccc4n3C[C@]2(C)C(=O)NCc2ccccc2)c(OC)c1. The van der Waals surface area contributed by atoms with E-state index in [1.54, 1.807) is 25.2 Å². The van der Waals surface area contributed by atoms with E-state index in [2.05, 4.69) is 5.32 Å². The largest absolute Gasteiger partial charge is 0.497 e. The molecule has 2 amide bonds. The number of nitrogens with one attached hydrogen (secondary N) is 1. The molecule has 7 heteroatoms. The zero-order valence-corrected chi connectivity index (χ0v) is 20.7. The number of hydrogen-bond donors (Lipinski definition) is 1. The zero-order chi connectivity index (χ0) is 25.3. The molecule has 1 aromatic heterocycles. The standard InChI is InChI=1S/C29H29N3O4/c1-29(28(34)30-17-20-9-5-4-6-10-20)19-31-24-12-8-7-11-21(24)15-25(31)27(33)32(29)18-22-13-14-23(35-2)16-26(22)36-3/h4-16H,17-19H2,1-3H3,(H,30,34)/t29-/m1/s1. The molecule has 1 aliphatic heterocycles. The molecule has 0 unspecified atom stereocenters. The first kappa shape index (κ1) is 23.5. The third-order valence-electron chi connectivity index (χ3n) is 6.94. The van der Waals surface area contributed by atoms with Crippen LogP contribution in [0.25, 0.3) is 10.9 Å². The van der Waals surface area contributed by atoms with Crippen LogP contribution in [0.2, 0.25) is 0 Å². The molecule has 184 valence electrons. The molecule has 0 saturated heterocycles. The molecule has 0 bridgehead atoms. The van der Waals surface area contributed by atoms with Gasteiger partial charge in [-0.25, -0.2) is 0 Å². The van der Waals surface area contributed by atoms with E-state index in [4.69, 9.17) is 9.47 Å². The van der Waals surface area contributed by atoms with Crippen molar-refractivity contribution >= 4 is 22.7 Å². The van der Waals surface area contributed by atoms with Crippen molar-refractivity contribution in [2.45, 2.75) is 32.1 Å². The minimum atomic E-state index is -1.13. The Morgan fingerprint density at radius 3 is 2.47 bits per heavy atom. The summed E-state index contributed by atoms with van der Waals surface area (Å²) >= 11 is 0. The lowest BCUT2D eigenvalue weighted by Crippen LogP contribution is -2.63. The maximum absolute atomic E-state index is 14.0. The molecule has 0 spiro atoms. The topological polar surface area (TPSA) is 72.8 Å². The summed E-state index contributed by atoms with van der Waals surface area (Å²) in [4.78, 5) is 29.4. The number of benzene rings is 3. The fraction of sp³-hybridized carbons (Fsp3) is 0.241. The van der Waals surface area contributed by atoms with Gasteiger partial charge in [-0.05, 0) is 36.8 Å². The highest BCUT2D eigenvalue weighted by Crippen LogP contribution is 2.35. The van der Waals surface area contributed by atoms with E-state index in [0.717, 1.165) is 22.0 Å². The number of ether oxygens (including phenoxy) is 2. The van der Waals surface area contributed by atoms with E-state index in [9.17, 15) is 9.59 Å². The highest BCUT2D eigenvalue weighted by atomic mass is 16.5. The van der Waals surface area contributed by atoms with Crippen LogP contribution in [-0.4, -0.2) is 41.0 Å². The monoisotopic (exact) mass is 483 g/mol. The Morgan fingerprint density at radius 1 is 0.972 bits per heavy atom. The van der Waals surface area contributed by atoms with Gasteiger partial charge in [-0.3, -0.25) is 9.59 Å². The van der Waals surface area contributed by atoms with Gasteiger partial charge in [0.1, 0.15) is 22.7 Å². The number of fused-ring (bicyclic) bond motifs is 3. The van der Waals surface area contributed by atoms with Crippen LogP contribution < -0.4 is 14.8 Å². The quantitative estimate of drug-likeness (QED) is 0.423. The van der Waals surface area contributed by atoms with Gasteiger partial charge in [0.05, 0.1) is 27.3 Å². The van der Waals surface area contributed by atoms with Gasteiger partial charge in [0.25, 0.3) is 5.91 Å². The van der Waals surface area contributed by atoms with Crippen LogP contribution in [0.3, 0.4) is 0 Å². The van der Waals surface area contributed by atoms with Gasteiger partial charge in [-0.1, -0.05) is 48.5 Å². The van der Waals surface area contributed by atoms with Crippen LogP contribution in [0.1, 0.15) is 28.5 Å². The molecule has 0 saturated carbocycles. The molecule has 2 heterocycles. The lowest BCUT2D eigenvalue weighted by Gasteiger charge is -2.44. The molecule has 36 heavy (non-hydrogen) atoms. The van der Waals surface area contributed by atoms with Crippen LogP contribution in [0.15, 0.2) is 78.9 Å². The maximum atomic E-state index is 14.0. The normalized spacial score (nSPS) is 17.1. The van der Waals surface area contributed by atoms with Gasteiger partial charge in [-0.2, -0.15) is 0 Å². The van der Waals surface area contributed by atoms with Gasteiger partial charge in [0, 0.05) is 29.1 Å². The number of amides is 2. The molecule has 1 aliphatic rings. The number of nitrogens with zero attached hydrogens (tertiary/aromatic N) is 2. The fourth-order valence-corrected chi connectivity index (χ4v) is 4.88. The lowest BCUT2D eigenvalue weighted by atomic mass is 9.93. The first-order valence-electron chi connectivity index (χ1n) is 11.9. The van der Waals surface area contributed by atoms with E-state index in [0.29, 0.717) is 30.3 Å². The first-order valence-corrected chi connectivity index (χ1v) is 11.9. The Morgan fingerprint density at radius 2 is 1.72 bits per heavy atom. The highest BCUT2D eigenvalue weighted by molar-refractivity contribution is 6.03. The van der Waals surface area contributed by atoms with Crippen LogP contribution in [-0.2, 0) is 24.4 Å². The van der Waals surface area contributed by atoms with Crippen LogP contribution in [0.5, 0.6) is 11.5 Å². The van der Waals surface area contributed by atoms with Crippen molar-refractivity contribution < 1.29 is 19.1 Å². The second kappa shape index (κ2) is 9.41. The fourth-order valence-electron chi connectivity index (χ4n) is 4.88. The van der Waals surface area contributed by atoms with Crippen molar-refractivity contribution in [3.63, 3.8) is 0 Å². The number of para-hydroxylation sites is 1. The third-order valence-corrected chi connectivity index (χ3v) is 6.94. The molecule has 0 radical (unpaired) electrons. The summed E-state index contributed by atoms with van der Waals surface area (Å²) in [5.74, 6) is 0.840. The smallest absolute Gasteiger partial charge is 0.271 e. The molecule has 0 aliphatic carbocycles. The number of carbonyl (C=O) groups is 2. The summed E-state index contributed by atoms with van der Waals surface area (Å²) in [6.07, 6.45) is 0. The number of hydrogen-bond acceptors (Lipinski definition) is 4. The maximum Gasteiger partial charge on any atom is 0.271 e. The van der Waals surface area contributed by atoms with Crippen molar-refractivity contribution in [3.05, 3.63) is 95.7 Å². The predicted octanol–water partition coefficient (Wildman–Crippen LogP) is 4.39. The molecule has 7 nitrogen and oxygen atoms in total. The summed E-state index contributed by atoms with van der Waals surface area (Å²) in [6.45, 7) is 2.75. The second-order valence-corrected chi connectivity index (χ2v) is 9.19. The summed E-state index contributed by atoms with van der Waals surface area (Å²) in [6, 6.07) is 25.0. The van der Waals surface area contributed by atoms with Crippen LogP contribution in [0.4, 0.5) is 0 Å². The minimum Gasteiger partial charge on any atom is -0.497 e. The Balaban J connectivity index is 1.55. The first-order chi connectivity index (χ1) is 17.4. The predicted molar refractivity (Wildman–Crippen MR) is 138 cm³/mol. The molecule has 1 atom stereocenters. The van der Waals surface area contributed by atoms with Crippen molar-refractivity contribution in [1.29, 1.82) is 0 Å². The van der Waals surface area contributed by atoms with Crippen molar-refractivity contribution in [2.24, 2.45) is 0 Å². The average Bonchev–Trinajstić information content (AvgIpc) is 3.28. The number of methoxy groups -OCH3 is 2. The number of aromatic nitrogens is 1. The Labute approximate surface area is 210 Å². The summed E-state index contributed by atoms with van der Waals surface area (Å²) in [5, 5.41) is 4.04. The molecular weight excluding hydrogens is 454 g/mol. The zero-order valence-electron chi connectivity index (χ0n) is 20.7. The van der Waals surface area contributed by atoms with E-state index in [1.807, 2.05) is 84.3 Å². The van der Waals surface area contributed by atoms with E-state index in [1.165, 1.54) is 0 Å². The molecule has 5 rings (SSSR count). The molecule has 0 fully saturated rings. The van der Waals surface area contributed by atoms with Gasteiger partial charge < -0.3 is 24.3 Å². The number of rotatable bonds is 7. The van der Waals surface area contributed by atoms with E-state index >= 15 is 0 Å². The molecule has 1 N–H and O–H groups in total. The van der Waals surface area contributed by atoms with Crippen molar-refractivity contribution in [1.82, 2.24) is 14.8 Å². The van der Waals surface area contributed by atoms with Gasteiger partial charge in [0.15, 0.2) is 0 Å². The summed E-state index contributed by atoms with van der Waals surface area (Å²) < 4.78 is 12.9. The second-order valence-electron chi connectivity index (χ2n) is 9.19. The molecule has 3 aromatic carbocycles. The average molecular weight is 484 g/mol. The van der Waals surface area contributed by atoms with Crippen molar-refractivity contribution in [3.8, 4) is 11.5 Å². The van der Waals surface area contributed by atoms with Crippen molar-refractivity contribution in [2.75, 3.05) is 14.2 Å². The molecular formula is C29H29N3O4.